The second kappa shape index (κ2) is 6.66. The van der Waals surface area contributed by atoms with Gasteiger partial charge in [0.1, 0.15) is 0 Å². The van der Waals surface area contributed by atoms with Crippen molar-refractivity contribution in [1.82, 2.24) is 4.98 Å². The maximum absolute atomic E-state index is 12.6. The number of hydrogen-bond donors (Lipinski definition) is 0. The SMILES string of the molecule is CC[C@@H]1C[C@@H](C(=O)N(CC)c2ccncc2)CCO1. The van der Waals surface area contributed by atoms with E-state index in [2.05, 4.69) is 11.9 Å². The lowest BCUT2D eigenvalue weighted by Crippen LogP contribution is -2.40. The van der Waals surface area contributed by atoms with Crippen LogP contribution >= 0.6 is 0 Å². The molecule has 0 aromatic carbocycles. The molecule has 2 atom stereocenters. The number of ether oxygens (including phenoxy) is 1. The number of carbonyl (C=O) groups excluding carboxylic acids is 1. The van der Waals surface area contributed by atoms with Crippen LogP contribution in [0.5, 0.6) is 0 Å². The lowest BCUT2D eigenvalue weighted by molar-refractivity contribution is -0.127. The summed E-state index contributed by atoms with van der Waals surface area (Å²) in [6, 6.07) is 3.77. The number of pyridine rings is 1. The Kier molecular flexibility index (Phi) is 4.91. The van der Waals surface area contributed by atoms with Crippen molar-refractivity contribution in [2.24, 2.45) is 5.92 Å². The maximum atomic E-state index is 12.6. The minimum Gasteiger partial charge on any atom is -0.378 e. The van der Waals surface area contributed by atoms with Crippen LogP contribution in [-0.4, -0.2) is 30.1 Å². The molecule has 2 rings (SSSR count). The minimum atomic E-state index is 0.0896. The summed E-state index contributed by atoms with van der Waals surface area (Å²) in [6.07, 6.45) is 6.34. The lowest BCUT2D eigenvalue weighted by atomic mass is 9.93. The Bertz CT molecular complexity index is 408. The molecule has 4 heteroatoms. The van der Waals surface area contributed by atoms with E-state index in [-0.39, 0.29) is 17.9 Å². The van der Waals surface area contributed by atoms with Crippen molar-refractivity contribution >= 4 is 11.6 Å². The molecule has 0 spiro atoms. The highest BCUT2D eigenvalue weighted by molar-refractivity contribution is 5.94. The van der Waals surface area contributed by atoms with Crippen LogP contribution in [0.1, 0.15) is 33.1 Å². The minimum absolute atomic E-state index is 0.0896. The predicted octanol–water partition coefficient (Wildman–Crippen LogP) is 2.64. The Morgan fingerprint density at radius 2 is 2.16 bits per heavy atom. The van der Waals surface area contributed by atoms with Crippen LogP contribution in [0.25, 0.3) is 0 Å². The topological polar surface area (TPSA) is 42.4 Å². The molecule has 1 aliphatic heterocycles. The zero-order chi connectivity index (χ0) is 13.7. The monoisotopic (exact) mass is 262 g/mol. The highest BCUT2D eigenvalue weighted by atomic mass is 16.5. The van der Waals surface area contributed by atoms with Crippen LogP contribution in [0.2, 0.25) is 0 Å². The average Bonchev–Trinajstić information content (AvgIpc) is 2.49. The second-order valence-electron chi connectivity index (χ2n) is 4.91. The van der Waals surface area contributed by atoms with Crippen molar-refractivity contribution in [3.63, 3.8) is 0 Å². The first-order valence-corrected chi connectivity index (χ1v) is 7.09. The van der Waals surface area contributed by atoms with E-state index in [9.17, 15) is 4.79 Å². The van der Waals surface area contributed by atoms with Crippen LogP contribution in [-0.2, 0) is 9.53 Å². The van der Waals surface area contributed by atoms with Crippen molar-refractivity contribution in [2.45, 2.75) is 39.2 Å². The number of hydrogen-bond acceptors (Lipinski definition) is 3. The van der Waals surface area contributed by atoms with Crippen molar-refractivity contribution in [3.05, 3.63) is 24.5 Å². The van der Waals surface area contributed by atoms with E-state index in [1.165, 1.54) is 0 Å². The first-order valence-electron chi connectivity index (χ1n) is 7.09. The van der Waals surface area contributed by atoms with Crippen LogP contribution in [0.3, 0.4) is 0 Å². The Morgan fingerprint density at radius 3 is 2.79 bits per heavy atom. The summed E-state index contributed by atoms with van der Waals surface area (Å²) in [5.74, 6) is 0.308. The second-order valence-corrected chi connectivity index (χ2v) is 4.91. The number of amides is 1. The Labute approximate surface area is 114 Å². The molecule has 0 unspecified atom stereocenters. The number of rotatable bonds is 4. The number of nitrogens with zero attached hydrogens (tertiary/aromatic N) is 2. The third-order valence-electron chi connectivity index (χ3n) is 3.73. The summed E-state index contributed by atoms with van der Waals surface area (Å²) in [5.41, 5.74) is 0.932. The van der Waals surface area contributed by atoms with Gasteiger partial charge in [0.05, 0.1) is 6.10 Å². The van der Waals surface area contributed by atoms with Crippen molar-refractivity contribution in [3.8, 4) is 0 Å². The fraction of sp³-hybridized carbons (Fsp3) is 0.600. The first kappa shape index (κ1) is 14.0. The van der Waals surface area contributed by atoms with Gasteiger partial charge in [-0.25, -0.2) is 0 Å². The zero-order valence-electron chi connectivity index (χ0n) is 11.7. The summed E-state index contributed by atoms with van der Waals surface area (Å²) in [5, 5.41) is 0. The predicted molar refractivity (Wildman–Crippen MR) is 75.0 cm³/mol. The van der Waals surface area contributed by atoms with Gasteiger partial charge in [0.25, 0.3) is 0 Å². The molecule has 0 saturated carbocycles. The van der Waals surface area contributed by atoms with Gasteiger partial charge in [-0.05, 0) is 38.3 Å². The van der Waals surface area contributed by atoms with Gasteiger partial charge in [0, 0.05) is 37.2 Å². The quantitative estimate of drug-likeness (QED) is 0.837. The zero-order valence-corrected chi connectivity index (χ0v) is 11.7. The highest BCUT2D eigenvalue weighted by Crippen LogP contribution is 2.26. The molecule has 1 fully saturated rings. The molecular formula is C15H22N2O2. The van der Waals surface area contributed by atoms with E-state index < -0.39 is 0 Å². The van der Waals surface area contributed by atoms with Crippen molar-refractivity contribution in [2.75, 3.05) is 18.1 Å². The molecule has 0 N–H and O–H groups in total. The van der Waals surface area contributed by atoms with Gasteiger partial charge in [0.2, 0.25) is 5.91 Å². The Morgan fingerprint density at radius 1 is 1.42 bits per heavy atom. The largest absolute Gasteiger partial charge is 0.378 e. The van der Waals surface area contributed by atoms with Gasteiger partial charge in [-0.3, -0.25) is 9.78 Å². The molecule has 4 nitrogen and oxygen atoms in total. The molecule has 1 aliphatic rings. The molecule has 1 amide bonds. The van der Waals surface area contributed by atoms with Gasteiger partial charge >= 0.3 is 0 Å². The lowest BCUT2D eigenvalue weighted by Gasteiger charge is -2.32. The average molecular weight is 262 g/mol. The third-order valence-corrected chi connectivity index (χ3v) is 3.73. The molecule has 1 aromatic heterocycles. The van der Waals surface area contributed by atoms with Gasteiger partial charge in [-0.2, -0.15) is 0 Å². The molecule has 0 aliphatic carbocycles. The van der Waals surface area contributed by atoms with Gasteiger partial charge in [-0.15, -0.1) is 0 Å². The molecule has 1 aromatic rings. The molecule has 0 radical (unpaired) electrons. The summed E-state index contributed by atoms with van der Waals surface area (Å²) in [7, 11) is 0. The molecule has 19 heavy (non-hydrogen) atoms. The number of anilines is 1. The standard InChI is InChI=1S/C15H22N2O2/c1-3-14-11-12(7-10-19-14)15(18)17(4-2)13-5-8-16-9-6-13/h5-6,8-9,12,14H,3-4,7,10-11H2,1-2H3/t12-,14+/m0/s1. The molecular weight excluding hydrogens is 240 g/mol. The maximum Gasteiger partial charge on any atom is 0.230 e. The molecule has 2 heterocycles. The first-order chi connectivity index (χ1) is 9.26. The van der Waals surface area contributed by atoms with Crippen molar-refractivity contribution in [1.29, 1.82) is 0 Å². The highest BCUT2D eigenvalue weighted by Gasteiger charge is 2.30. The van der Waals surface area contributed by atoms with E-state index in [1.54, 1.807) is 12.4 Å². The van der Waals surface area contributed by atoms with Crippen LogP contribution in [0.4, 0.5) is 5.69 Å². The van der Waals surface area contributed by atoms with Gasteiger partial charge in [-0.1, -0.05) is 6.92 Å². The van der Waals surface area contributed by atoms with Gasteiger partial charge in [0.15, 0.2) is 0 Å². The smallest absolute Gasteiger partial charge is 0.230 e. The normalized spacial score (nSPS) is 23.1. The molecule has 104 valence electrons. The number of aromatic nitrogens is 1. The molecule has 0 bridgehead atoms. The summed E-state index contributed by atoms with van der Waals surface area (Å²) >= 11 is 0. The van der Waals surface area contributed by atoms with Crippen molar-refractivity contribution < 1.29 is 9.53 Å². The Hall–Kier alpha value is -1.42. The number of carbonyl (C=O) groups is 1. The van der Waals surface area contributed by atoms with Crippen LogP contribution in [0, 0.1) is 5.92 Å². The Balaban J connectivity index is 2.08. The van der Waals surface area contributed by atoms with E-state index in [4.69, 9.17) is 4.74 Å². The van der Waals surface area contributed by atoms with E-state index in [0.717, 1.165) is 24.9 Å². The summed E-state index contributed by atoms with van der Waals surface area (Å²) in [6.45, 7) is 5.51. The van der Waals surface area contributed by atoms with Crippen LogP contribution in [0.15, 0.2) is 24.5 Å². The molecule has 1 saturated heterocycles. The third kappa shape index (κ3) is 3.32. The summed E-state index contributed by atoms with van der Waals surface area (Å²) in [4.78, 5) is 18.5. The summed E-state index contributed by atoms with van der Waals surface area (Å²) < 4.78 is 5.65. The van der Waals surface area contributed by atoms with E-state index in [1.807, 2.05) is 24.0 Å². The fourth-order valence-electron chi connectivity index (χ4n) is 2.60. The fourth-order valence-corrected chi connectivity index (χ4v) is 2.60. The van der Waals surface area contributed by atoms with E-state index >= 15 is 0 Å². The van der Waals surface area contributed by atoms with Crippen LogP contribution < -0.4 is 4.90 Å². The van der Waals surface area contributed by atoms with Gasteiger partial charge < -0.3 is 9.64 Å². The van der Waals surface area contributed by atoms with E-state index in [0.29, 0.717) is 13.2 Å².